The molecule has 6 aliphatic carbocycles. The second-order valence-corrected chi connectivity index (χ2v) is 10.3. The summed E-state index contributed by atoms with van der Waals surface area (Å²) in [6, 6.07) is 0. The number of ether oxygens (including phenoxy) is 3. The average Bonchev–Trinajstić information content (AvgIpc) is 3.08. The summed E-state index contributed by atoms with van der Waals surface area (Å²) in [6.07, 6.45) is 6.50. The number of epoxide rings is 1. The van der Waals surface area contributed by atoms with Crippen LogP contribution in [0.3, 0.4) is 0 Å². The third-order valence-corrected chi connectivity index (χ3v) is 9.72. The van der Waals surface area contributed by atoms with Crippen LogP contribution in [0.15, 0.2) is 23.3 Å². The van der Waals surface area contributed by atoms with Gasteiger partial charge in [-0.3, -0.25) is 0 Å². The van der Waals surface area contributed by atoms with E-state index in [4.69, 9.17) is 14.2 Å². The molecule has 7 aliphatic rings. The minimum Gasteiger partial charge on any atom is -0.463 e. The quantitative estimate of drug-likeness (QED) is 0.415. The first-order valence-electron chi connectivity index (χ1n) is 11.5. The molecule has 0 spiro atoms. The van der Waals surface area contributed by atoms with Gasteiger partial charge in [-0.25, -0.2) is 9.59 Å². The SMILES string of the molecule is CCOC(=O)/C=C1\C[C@H]2[C@H]3C/C(=C\C(=O)OCC)[C@@H]4[C@H]3C3C5[C@H]([C@@H]6O[C@H]6[C@H]54)[C@H]1[C@H]32. The highest BCUT2D eigenvalue weighted by Gasteiger charge is 2.83. The van der Waals surface area contributed by atoms with E-state index in [1.165, 1.54) is 11.1 Å². The van der Waals surface area contributed by atoms with Gasteiger partial charge in [-0.05, 0) is 85.9 Å². The molecule has 5 nitrogen and oxygen atoms in total. The van der Waals surface area contributed by atoms with Crippen LogP contribution in [0.2, 0.25) is 0 Å². The Morgan fingerprint density at radius 1 is 0.793 bits per heavy atom. The van der Waals surface area contributed by atoms with Gasteiger partial charge in [0.1, 0.15) is 0 Å². The maximum atomic E-state index is 12.3. The summed E-state index contributed by atoms with van der Waals surface area (Å²) in [5, 5.41) is 0. The maximum Gasteiger partial charge on any atom is 0.330 e. The van der Waals surface area contributed by atoms with Gasteiger partial charge in [0.25, 0.3) is 0 Å². The van der Waals surface area contributed by atoms with E-state index in [-0.39, 0.29) is 11.9 Å². The number of carbonyl (C=O) groups is 2. The fourth-order valence-electron chi connectivity index (χ4n) is 9.65. The Morgan fingerprint density at radius 2 is 1.24 bits per heavy atom. The summed E-state index contributed by atoms with van der Waals surface area (Å²) in [5.41, 5.74) is 2.68. The van der Waals surface area contributed by atoms with Crippen molar-refractivity contribution in [2.24, 2.45) is 59.2 Å². The van der Waals surface area contributed by atoms with Crippen molar-refractivity contribution >= 4 is 11.9 Å². The maximum absolute atomic E-state index is 12.3. The van der Waals surface area contributed by atoms with Crippen molar-refractivity contribution < 1.29 is 23.8 Å². The molecular formula is C24H28O5. The lowest BCUT2D eigenvalue weighted by atomic mass is 9.81. The number of carbonyl (C=O) groups excluding carboxylic acids is 2. The summed E-state index contributed by atoms with van der Waals surface area (Å²) in [6.45, 7) is 4.59. The Hall–Kier alpha value is -1.62. The zero-order valence-electron chi connectivity index (χ0n) is 17.0. The summed E-state index contributed by atoms with van der Waals surface area (Å²) in [4.78, 5) is 24.5. The van der Waals surface area contributed by atoms with Crippen molar-refractivity contribution in [3.05, 3.63) is 23.3 Å². The molecule has 6 saturated carbocycles. The average molecular weight is 396 g/mol. The number of rotatable bonds is 4. The van der Waals surface area contributed by atoms with E-state index in [2.05, 4.69) is 0 Å². The first-order valence-corrected chi connectivity index (χ1v) is 11.5. The molecule has 29 heavy (non-hydrogen) atoms. The van der Waals surface area contributed by atoms with Gasteiger partial charge in [-0.2, -0.15) is 0 Å². The molecule has 0 aromatic rings. The monoisotopic (exact) mass is 396 g/mol. The van der Waals surface area contributed by atoms with Crippen LogP contribution in [-0.2, 0) is 23.8 Å². The van der Waals surface area contributed by atoms with Crippen LogP contribution >= 0.6 is 0 Å². The second-order valence-electron chi connectivity index (χ2n) is 10.3. The van der Waals surface area contributed by atoms with E-state index in [9.17, 15) is 9.59 Å². The van der Waals surface area contributed by atoms with Crippen LogP contribution < -0.4 is 0 Å². The molecule has 12 atom stereocenters. The number of hydrogen-bond donors (Lipinski definition) is 0. The van der Waals surface area contributed by atoms with Crippen molar-refractivity contribution in [2.45, 2.75) is 38.9 Å². The predicted octanol–water partition coefficient (Wildman–Crippen LogP) is 2.76. The molecule has 154 valence electrons. The normalized spacial score (nSPS) is 56.2. The van der Waals surface area contributed by atoms with Gasteiger partial charge in [-0.15, -0.1) is 0 Å². The van der Waals surface area contributed by atoms with E-state index < -0.39 is 0 Å². The summed E-state index contributed by atoms with van der Waals surface area (Å²) in [7, 11) is 0. The van der Waals surface area contributed by atoms with Gasteiger partial charge in [0.15, 0.2) is 0 Å². The minimum absolute atomic E-state index is 0.175. The molecule has 5 heteroatoms. The zero-order chi connectivity index (χ0) is 19.6. The Bertz CT molecular complexity index is 804. The van der Waals surface area contributed by atoms with Gasteiger partial charge in [-0.1, -0.05) is 11.1 Å². The molecule has 0 N–H and O–H groups in total. The van der Waals surface area contributed by atoms with Crippen molar-refractivity contribution in [3.8, 4) is 0 Å². The first-order chi connectivity index (χ1) is 14.1. The molecule has 7 fully saturated rings. The Morgan fingerprint density at radius 3 is 1.69 bits per heavy atom. The minimum atomic E-state index is -0.175. The Kier molecular flexibility index (Phi) is 3.27. The number of allylic oxidation sites excluding steroid dienone is 2. The lowest BCUT2D eigenvalue weighted by Crippen LogP contribution is -2.24. The van der Waals surface area contributed by atoms with Gasteiger partial charge in [0.05, 0.1) is 25.4 Å². The Balaban J connectivity index is 1.30. The zero-order valence-corrected chi connectivity index (χ0v) is 17.0. The standard InChI is InChI=1S/C24H28O5/c1-3-27-13(25)7-9-5-11-12-6-10(8-14(26)28-4-2)16-18(12)19-17(11)15(9)21-20(19)22(16)24-23(21)29-24/h7-8,11-12,15-24H,3-6H2,1-2H3/b9-7+,10-8+/t11-,12+,15-,16-,17+,18-,19?,20?,21+,22-,23+,24+/m1/s1. The van der Waals surface area contributed by atoms with E-state index >= 15 is 0 Å². The number of esters is 2. The first kappa shape index (κ1) is 17.1. The molecule has 1 saturated heterocycles. The fourth-order valence-corrected chi connectivity index (χ4v) is 9.65. The van der Waals surface area contributed by atoms with Crippen LogP contribution in [-0.4, -0.2) is 37.4 Å². The summed E-state index contributed by atoms with van der Waals surface area (Å²) < 4.78 is 16.7. The predicted molar refractivity (Wildman–Crippen MR) is 102 cm³/mol. The van der Waals surface area contributed by atoms with E-state index in [1.807, 2.05) is 26.0 Å². The second kappa shape index (κ2) is 5.54. The van der Waals surface area contributed by atoms with Crippen molar-refractivity contribution in [1.82, 2.24) is 0 Å². The third-order valence-electron chi connectivity index (χ3n) is 9.72. The largest absolute Gasteiger partial charge is 0.463 e. The molecular weight excluding hydrogens is 368 g/mol. The van der Waals surface area contributed by atoms with Crippen LogP contribution in [0.5, 0.6) is 0 Å². The van der Waals surface area contributed by atoms with E-state index in [0.717, 1.165) is 36.5 Å². The highest BCUT2D eigenvalue weighted by Crippen LogP contribution is 2.83. The molecule has 0 radical (unpaired) electrons. The summed E-state index contributed by atoms with van der Waals surface area (Å²) >= 11 is 0. The molecule has 0 bridgehead atoms. The summed E-state index contributed by atoms with van der Waals surface area (Å²) in [5.74, 6) is 6.15. The van der Waals surface area contributed by atoms with E-state index in [1.54, 1.807) is 0 Å². The molecule has 1 aliphatic heterocycles. The highest BCUT2D eigenvalue weighted by molar-refractivity contribution is 5.83. The van der Waals surface area contributed by atoms with Gasteiger partial charge < -0.3 is 14.2 Å². The highest BCUT2D eigenvalue weighted by atomic mass is 16.6. The van der Waals surface area contributed by atoms with Crippen LogP contribution in [0.4, 0.5) is 0 Å². The van der Waals surface area contributed by atoms with Crippen LogP contribution in [0.25, 0.3) is 0 Å². The molecule has 0 aromatic heterocycles. The van der Waals surface area contributed by atoms with E-state index in [0.29, 0.717) is 60.9 Å². The van der Waals surface area contributed by atoms with Crippen molar-refractivity contribution in [1.29, 1.82) is 0 Å². The topological polar surface area (TPSA) is 65.1 Å². The lowest BCUT2D eigenvalue weighted by Gasteiger charge is -2.25. The van der Waals surface area contributed by atoms with Crippen molar-refractivity contribution in [3.63, 3.8) is 0 Å². The Labute approximate surface area is 170 Å². The third kappa shape index (κ3) is 1.92. The molecule has 2 unspecified atom stereocenters. The van der Waals surface area contributed by atoms with Crippen LogP contribution in [0, 0.1) is 59.2 Å². The molecule has 0 aromatic carbocycles. The number of fused-ring (bicyclic) bond motifs is 6. The van der Waals surface area contributed by atoms with Gasteiger partial charge in [0.2, 0.25) is 0 Å². The van der Waals surface area contributed by atoms with Gasteiger partial charge >= 0.3 is 11.9 Å². The molecule has 7 rings (SSSR count). The fraction of sp³-hybridized carbons (Fsp3) is 0.750. The molecule has 1 heterocycles. The molecule has 0 amide bonds. The van der Waals surface area contributed by atoms with Crippen molar-refractivity contribution in [2.75, 3.05) is 13.2 Å². The van der Waals surface area contributed by atoms with Gasteiger partial charge in [0, 0.05) is 12.2 Å². The number of hydrogen-bond acceptors (Lipinski definition) is 5. The van der Waals surface area contributed by atoms with Crippen LogP contribution in [0.1, 0.15) is 26.7 Å². The smallest absolute Gasteiger partial charge is 0.330 e. The lowest BCUT2D eigenvalue weighted by molar-refractivity contribution is -0.138.